The number of halogens is 3. The summed E-state index contributed by atoms with van der Waals surface area (Å²) < 4.78 is 45.9. The molecule has 0 aromatic heterocycles. The zero-order valence-electron chi connectivity index (χ0n) is 15.7. The monoisotopic (exact) mass is 386 g/mol. The van der Waals surface area contributed by atoms with E-state index < -0.39 is 54.0 Å². The standard InChI is InChI=1S/C19H25F3N2O3/c1-18(2,3)13-5-4-12(10-14(13)20)24-16(25)15(27-17(23)26)11-6-8-19(21,22)9-7-11/h4-5,10-11,15H,6-9H2,1-3H3,(H2,23,26)(H,24,25). The van der Waals surface area contributed by atoms with Gasteiger partial charge < -0.3 is 15.8 Å². The van der Waals surface area contributed by atoms with Gasteiger partial charge in [-0.1, -0.05) is 26.8 Å². The lowest BCUT2D eigenvalue weighted by molar-refractivity contribution is -0.130. The van der Waals surface area contributed by atoms with Crippen molar-refractivity contribution >= 4 is 17.7 Å². The first-order chi connectivity index (χ1) is 12.4. The van der Waals surface area contributed by atoms with Gasteiger partial charge in [0, 0.05) is 24.4 Å². The second-order valence-electron chi connectivity index (χ2n) is 7.98. The fourth-order valence-corrected chi connectivity index (χ4v) is 3.27. The molecule has 1 aromatic carbocycles. The van der Waals surface area contributed by atoms with Crippen LogP contribution in [0.4, 0.5) is 23.7 Å². The highest BCUT2D eigenvalue weighted by Crippen LogP contribution is 2.38. The Labute approximate surface area is 156 Å². The van der Waals surface area contributed by atoms with E-state index in [4.69, 9.17) is 10.5 Å². The molecule has 0 saturated heterocycles. The molecule has 1 aliphatic rings. The number of carbonyl (C=O) groups excluding carboxylic acids is 2. The molecule has 1 saturated carbocycles. The van der Waals surface area contributed by atoms with Crippen LogP contribution in [-0.4, -0.2) is 24.0 Å². The predicted octanol–water partition coefficient (Wildman–Crippen LogP) is 4.35. The molecule has 27 heavy (non-hydrogen) atoms. The molecule has 0 heterocycles. The number of primary amides is 1. The number of anilines is 1. The maximum atomic E-state index is 14.3. The average molecular weight is 386 g/mol. The van der Waals surface area contributed by atoms with Gasteiger partial charge in [-0.3, -0.25) is 4.79 Å². The lowest BCUT2D eigenvalue weighted by Gasteiger charge is -2.32. The van der Waals surface area contributed by atoms with Crippen LogP contribution in [0.3, 0.4) is 0 Å². The molecular formula is C19H25F3N2O3. The maximum absolute atomic E-state index is 14.3. The van der Waals surface area contributed by atoms with E-state index in [0.717, 1.165) is 0 Å². The molecule has 0 radical (unpaired) electrons. The van der Waals surface area contributed by atoms with Crippen LogP contribution in [0.25, 0.3) is 0 Å². The summed E-state index contributed by atoms with van der Waals surface area (Å²) in [6, 6.07) is 4.28. The number of rotatable bonds is 4. The molecular weight excluding hydrogens is 361 g/mol. The molecule has 0 bridgehead atoms. The minimum atomic E-state index is -2.78. The van der Waals surface area contributed by atoms with Crippen molar-refractivity contribution in [2.45, 2.75) is 63.9 Å². The third-order valence-electron chi connectivity index (χ3n) is 4.74. The van der Waals surface area contributed by atoms with Gasteiger partial charge in [0.15, 0.2) is 6.10 Å². The van der Waals surface area contributed by atoms with E-state index in [9.17, 15) is 22.8 Å². The van der Waals surface area contributed by atoms with Crippen molar-refractivity contribution in [2.24, 2.45) is 11.7 Å². The van der Waals surface area contributed by atoms with Crippen molar-refractivity contribution in [3.63, 3.8) is 0 Å². The molecule has 1 fully saturated rings. The maximum Gasteiger partial charge on any atom is 0.405 e. The smallest absolute Gasteiger partial charge is 0.405 e. The Kier molecular flexibility index (Phi) is 6.07. The van der Waals surface area contributed by atoms with E-state index >= 15 is 0 Å². The van der Waals surface area contributed by atoms with Gasteiger partial charge in [0.25, 0.3) is 5.91 Å². The summed E-state index contributed by atoms with van der Waals surface area (Å²) in [6.45, 7) is 5.58. The quantitative estimate of drug-likeness (QED) is 0.807. The van der Waals surface area contributed by atoms with Gasteiger partial charge in [-0.25, -0.2) is 18.0 Å². The van der Waals surface area contributed by atoms with Gasteiger partial charge in [-0.2, -0.15) is 0 Å². The molecule has 3 N–H and O–H groups in total. The summed E-state index contributed by atoms with van der Waals surface area (Å²) in [6.07, 6.45) is -3.20. The van der Waals surface area contributed by atoms with E-state index in [1.54, 1.807) is 6.07 Å². The largest absolute Gasteiger partial charge is 0.436 e. The van der Waals surface area contributed by atoms with E-state index in [2.05, 4.69) is 5.32 Å². The van der Waals surface area contributed by atoms with Gasteiger partial charge in [0.1, 0.15) is 5.82 Å². The van der Waals surface area contributed by atoms with Crippen LogP contribution < -0.4 is 11.1 Å². The van der Waals surface area contributed by atoms with Crippen LogP contribution in [0.15, 0.2) is 18.2 Å². The number of alkyl halides is 2. The first-order valence-electron chi connectivity index (χ1n) is 8.84. The zero-order chi connectivity index (χ0) is 20.4. The van der Waals surface area contributed by atoms with Gasteiger partial charge >= 0.3 is 6.09 Å². The van der Waals surface area contributed by atoms with Crippen molar-refractivity contribution in [1.29, 1.82) is 0 Å². The first kappa shape index (κ1) is 21.1. The van der Waals surface area contributed by atoms with Crippen molar-refractivity contribution in [3.8, 4) is 0 Å². The number of carbonyl (C=O) groups is 2. The fourth-order valence-electron chi connectivity index (χ4n) is 3.27. The summed E-state index contributed by atoms with van der Waals surface area (Å²) in [7, 11) is 0. The third kappa shape index (κ3) is 5.61. The summed E-state index contributed by atoms with van der Waals surface area (Å²) in [5.74, 6) is -4.55. The highest BCUT2D eigenvalue weighted by molar-refractivity contribution is 5.95. The number of hydrogen-bond acceptors (Lipinski definition) is 3. The lowest BCUT2D eigenvalue weighted by atomic mass is 9.83. The summed E-state index contributed by atoms with van der Waals surface area (Å²) in [5.41, 5.74) is 5.29. The molecule has 0 spiro atoms. The number of ether oxygens (including phenoxy) is 1. The van der Waals surface area contributed by atoms with Gasteiger partial charge in [0.05, 0.1) is 0 Å². The van der Waals surface area contributed by atoms with Gasteiger partial charge in [-0.05, 0) is 36.0 Å². The number of nitrogens with two attached hydrogens (primary N) is 1. The normalized spacial score (nSPS) is 18.6. The highest BCUT2D eigenvalue weighted by atomic mass is 19.3. The molecule has 150 valence electrons. The molecule has 0 aliphatic heterocycles. The van der Waals surface area contributed by atoms with E-state index in [0.29, 0.717) is 5.56 Å². The number of benzene rings is 1. The van der Waals surface area contributed by atoms with Crippen LogP contribution in [0, 0.1) is 11.7 Å². The van der Waals surface area contributed by atoms with Crippen LogP contribution in [0.1, 0.15) is 52.0 Å². The average Bonchev–Trinajstić information content (AvgIpc) is 2.51. The molecule has 1 unspecified atom stereocenters. The zero-order valence-corrected chi connectivity index (χ0v) is 15.7. The van der Waals surface area contributed by atoms with Gasteiger partial charge in [0.2, 0.25) is 5.92 Å². The van der Waals surface area contributed by atoms with Crippen LogP contribution in [0.5, 0.6) is 0 Å². The molecule has 8 heteroatoms. The molecule has 5 nitrogen and oxygen atoms in total. The number of hydrogen-bond donors (Lipinski definition) is 2. The molecule has 2 amide bonds. The predicted molar refractivity (Wildman–Crippen MR) is 95.1 cm³/mol. The van der Waals surface area contributed by atoms with Crippen LogP contribution >= 0.6 is 0 Å². The molecule has 2 rings (SSSR count). The minimum absolute atomic E-state index is 0.0235. The number of amides is 2. The molecule has 1 aliphatic carbocycles. The molecule has 1 atom stereocenters. The SMILES string of the molecule is CC(C)(C)c1ccc(NC(=O)C(OC(N)=O)C2CCC(F)(F)CC2)cc1F. The van der Waals surface area contributed by atoms with Crippen molar-refractivity contribution in [1.82, 2.24) is 0 Å². The molecule has 1 aromatic rings. The third-order valence-corrected chi connectivity index (χ3v) is 4.74. The number of nitrogens with one attached hydrogen (secondary N) is 1. The van der Waals surface area contributed by atoms with E-state index in [-0.39, 0.29) is 18.5 Å². The summed E-state index contributed by atoms with van der Waals surface area (Å²) in [5, 5.41) is 2.49. The Balaban J connectivity index is 2.14. The summed E-state index contributed by atoms with van der Waals surface area (Å²) >= 11 is 0. The lowest BCUT2D eigenvalue weighted by Crippen LogP contribution is -2.42. The Morgan fingerprint density at radius 3 is 2.33 bits per heavy atom. The van der Waals surface area contributed by atoms with Crippen LogP contribution in [-0.2, 0) is 14.9 Å². The fraction of sp³-hybridized carbons (Fsp3) is 0.579. The van der Waals surface area contributed by atoms with Crippen molar-refractivity contribution in [2.75, 3.05) is 5.32 Å². The Morgan fingerprint density at radius 1 is 1.26 bits per heavy atom. The highest BCUT2D eigenvalue weighted by Gasteiger charge is 2.41. The first-order valence-corrected chi connectivity index (χ1v) is 8.84. The van der Waals surface area contributed by atoms with Gasteiger partial charge in [-0.15, -0.1) is 0 Å². The van der Waals surface area contributed by atoms with E-state index in [1.807, 2.05) is 20.8 Å². The second kappa shape index (κ2) is 7.78. The van der Waals surface area contributed by atoms with Crippen molar-refractivity contribution < 1.29 is 27.5 Å². The second-order valence-corrected chi connectivity index (χ2v) is 7.98. The van der Waals surface area contributed by atoms with Crippen LogP contribution in [0.2, 0.25) is 0 Å². The van der Waals surface area contributed by atoms with E-state index in [1.165, 1.54) is 12.1 Å². The Bertz CT molecular complexity index is 707. The Hall–Kier alpha value is -2.25. The minimum Gasteiger partial charge on any atom is -0.436 e. The Morgan fingerprint density at radius 2 is 1.85 bits per heavy atom. The topological polar surface area (TPSA) is 81.4 Å². The summed E-state index contributed by atoms with van der Waals surface area (Å²) in [4.78, 5) is 23.7. The van der Waals surface area contributed by atoms with Crippen molar-refractivity contribution in [3.05, 3.63) is 29.6 Å².